The average molecular weight is 321 g/mol. The molecule has 0 saturated heterocycles. The summed E-state index contributed by atoms with van der Waals surface area (Å²) >= 11 is 0. The molecule has 136 valence electrons. The quantitative estimate of drug-likeness (QED) is 0.445. The van der Waals surface area contributed by atoms with Gasteiger partial charge in [-0.25, -0.2) is 0 Å². The molecule has 2 aliphatic rings. The molecule has 2 rings (SSSR count). The molecule has 0 heteroatoms. The Labute approximate surface area is 147 Å². The van der Waals surface area contributed by atoms with Gasteiger partial charge in [-0.15, -0.1) is 0 Å². The summed E-state index contributed by atoms with van der Waals surface area (Å²) in [6.07, 6.45) is 19.2. The van der Waals surface area contributed by atoms with E-state index < -0.39 is 0 Å². The Morgan fingerprint density at radius 3 is 2.22 bits per heavy atom. The van der Waals surface area contributed by atoms with E-state index in [4.69, 9.17) is 0 Å². The normalized spacial score (nSPS) is 37.7. The molecule has 23 heavy (non-hydrogen) atoms. The van der Waals surface area contributed by atoms with E-state index in [1.807, 2.05) is 0 Å². The smallest absolute Gasteiger partial charge is 0.0315 e. The van der Waals surface area contributed by atoms with Crippen LogP contribution in [0.4, 0.5) is 0 Å². The highest BCUT2D eigenvalue weighted by molar-refractivity contribution is 4.94. The van der Waals surface area contributed by atoms with Crippen LogP contribution in [0.15, 0.2) is 0 Å². The molecule has 2 aliphatic carbocycles. The molecular weight excluding hydrogens is 276 g/mol. The van der Waals surface area contributed by atoms with Gasteiger partial charge in [0.25, 0.3) is 0 Å². The predicted octanol–water partition coefficient (Wildman–Crippen LogP) is 8.01. The fraction of sp³-hybridized carbons (Fsp3) is 1.00. The molecule has 0 spiro atoms. The first-order valence-corrected chi connectivity index (χ1v) is 10.9. The Morgan fingerprint density at radius 2 is 1.61 bits per heavy atom. The first-order chi connectivity index (χ1) is 10.9. The van der Waals surface area contributed by atoms with Gasteiger partial charge in [-0.2, -0.15) is 0 Å². The summed E-state index contributed by atoms with van der Waals surface area (Å²) in [7, 11) is 0. The van der Waals surface area contributed by atoms with Crippen molar-refractivity contribution in [2.45, 2.75) is 118 Å². The standard InChI is InChI=1S/C23H44/c1-6-11-20(7-2)16-22(4)14-19(3)15-23(5,18-22)17-21-12-9-8-10-13-21/h19-21H,6-18H2,1-5H3. The van der Waals surface area contributed by atoms with Crippen LogP contribution in [-0.4, -0.2) is 0 Å². The Balaban J connectivity index is 2.00. The van der Waals surface area contributed by atoms with Crippen LogP contribution in [0.3, 0.4) is 0 Å². The summed E-state index contributed by atoms with van der Waals surface area (Å²) in [5.74, 6) is 2.94. The molecule has 0 aromatic heterocycles. The van der Waals surface area contributed by atoms with Crippen molar-refractivity contribution < 1.29 is 0 Å². The van der Waals surface area contributed by atoms with Gasteiger partial charge in [0.1, 0.15) is 0 Å². The van der Waals surface area contributed by atoms with Crippen LogP contribution >= 0.6 is 0 Å². The second kappa shape index (κ2) is 8.39. The highest BCUT2D eigenvalue weighted by Gasteiger charge is 2.43. The third-order valence-electron chi connectivity index (χ3n) is 7.10. The van der Waals surface area contributed by atoms with Crippen LogP contribution < -0.4 is 0 Å². The predicted molar refractivity (Wildman–Crippen MR) is 104 cm³/mol. The van der Waals surface area contributed by atoms with Crippen molar-refractivity contribution in [2.24, 2.45) is 28.6 Å². The largest absolute Gasteiger partial charge is 0.0654 e. The van der Waals surface area contributed by atoms with Gasteiger partial charge < -0.3 is 0 Å². The summed E-state index contributed by atoms with van der Waals surface area (Å²) in [6, 6.07) is 0. The van der Waals surface area contributed by atoms with Gasteiger partial charge in [-0.1, -0.05) is 86.0 Å². The van der Waals surface area contributed by atoms with Crippen LogP contribution in [0, 0.1) is 28.6 Å². The summed E-state index contributed by atoms with van der Waals surface area (Å²) in [5, 5.41) is 0. The minimum absolute atomic E-state index is 0.608. The van der Waals surface area contributed by atoms with E-state index in [1.165, 1.54) is 83.5 Å². The summed E-state index contributed by atoms with van der Waals surface area (Å²) in [4.78, 5) is 0. The molecule has 0 amide bonds. The van der Waals surface area contributed by atoms with Crippen molar-refractivity contribution in [3.63, 3.8) is 0 Å². The fourth-order valence-corrected chi connectivity index (χ4v) is 6.88. The molecule has 0 radical (unpaired) electrons. The van der Waals surface area contributed by atoms with Gasteiger partial charge in [-0.05, 0) is 60.7 Å². The molecule has 0 aliphatic heterocycles. The summed E-state index contributed by atoms with van der Waals surface area (Å²) < 4.78 is 0. The molecule has 2 fully saturated rings. The maximum Gasteiger partial charge on any atom is -0.0315 e. The van der Waals surface area contributed by atoms with E-state index in [1.54, 1.807) is 0 Å². The van der Waals surface area contributed by atoms with Crippen molar-refractivity contribution >= 4 is 0 Å². The zero-order chi connectivity index (χ0) is 16.9. The van der Waals surface area contributed by atoms with Gasteiger partial charge in [0.15, 0.2) is 0 Å². The lowest BCUT2D eigenvalue weighted by Crippen LogP contribution is -2.39. The van der Waals surface area contributed by atoms with Crippen LogP contribution in [0.25, 0.3) is 0 Å². The topological polar surface area (TPSA) is 0 Å². The zero-order valence-corrected chi connectivity index (χ0v) is 16.9. The van der Waals surface area contributed by atoms with Gasteiger partial charge in [0.05, 0.1) is 0 Å². The highest BCUT2D eigenvalue weighted by atomic mass is 14.5. The molecule has 0 heterocycles. The van der Waals surface area contributed by atoms with Crippen molar-refractivity contribution in [3.05, 3.63) is 0 Å². The molecule has 0 nitrogen and oxygen atoms in total. The molecule has 0 aromatic carbocycles. The van der Waals surface area contributed by atoms with E-state index in [0.717, 1.165) is 17.8 Å². The van der Waals surface area contributed by atoms with E-state index >= 15 is 0 Å². The SMILES string of the molecule is CCCC(CC)CC1(C)CC(C)CC(C)(CC2CCCCC2)C1. The van der Waals surface area contributed by atoms with Gasteiger partial charge in [-0.3, -0.25) is 0 Å². The minimum atomic E-state index is 0.608. The van der Waals surface area contributed by atoms with E-state index in [-0.39, 0.29) is 0 Å². The van der Waals surface area contributed by atoms with Crippen molar-refractivity contribution in [2.75, 3.05) is 0 Å². The Morgan fingerprint density at radius 1 is 0.957 bits per heavy atom. The molecule has 0 N–H and O–H groups in total. The maximum absolute atomic E-state index is 2.65. The molecule has 0 aromatic rings. The van der Waals surface area contributed by atoms with Crippen molar-refractivity contribution in [1.82, 2.24) is 0 Å². The first kappa shape index (κ1) is 19.3. The minimum Gasteiger partial charge on any atom is -0.0654 e. The van der Waals surface area contributed by atoms with E-state index in [0.29, 0.717) is 10.8 Å². The molecule has 4 unspecified atom stereocenters. The Hall–Kier alpha value is 0. The van der Waals surface area contributed by atoms with Crippen molar-refractivity contribution in [3.8, 4) is 0 Å². The summed E-state index contributed by atoms with van der Waals surface area (Å²) in [6.45, 7) is 12.6. The lowest BCUT2D eigenvalue weighted by Gasteiger charge is -2.50. The molecular formula is C23H44. The molecule has 2 saturated carbocycles. The highest BCUT2D eigenvalue weighted by Crippen LogP contribution is 2.55. The van der Waals surface area contributed by atoms with Crippen LogP contribution in [-0.2, 0) is 0 Å². The van der Waals surface area contributed by atoms with Gasteiger partial charge in [0.2, 0.25) is 0 Å². The third-order valence-corrected chi connectivity index (χ3v) is 7.10. The first-order valence-electron chi connectivity index (χ1n) is 10.9. The van der Waals surface area contributed by atoms with Crippen molar-refractivity contribution in [1.29, 1.82) is 0 Å². The lowest BCUT2D eigenvalue weighted by molar-refractivity contribution is 0.00955. The van der Waals surface area contributed by atoms with E-state index in [2.05, 4.69) is 34.6 Å². The van der Waals surface area contributed by atoms with Gasteiger partial charge >= 0.3 is 0 Å². The number of hydrogen-bond donors (Lipinski definition) is 0. The van der Waals surface area contributed by atoms with E-state index in [9.17, 15) is 0 Å². The maximum atomic E-state index is 2.65. The average Bonchev–Trinajstić information content (AvgIpc) is 2.45. The fourth-order valence-electron chi connectivity index (χ4n) is 6.88. The van der Waals surface area contributed by atoms with Crippen LogP contribution in [0.2, 0.25) is 0 Å². The monoisotopic (exact) mass is 320 g/mol. The second-order valence-electron chi connectivity index (χ2n) is 10.3. The van der Waals surface area contributed by atoms with Crippen LogP contribution in [0.5, 0.6) is 0 Å². The second-order valence-corrected chi connectivity index (χ2v) is 10.3. The summed E-state index contributed by atoms with van der Waals surface area (Å²) in [5.41, 5.74) is 1.23. The van der Waals surface area contributed by atoms with Crippen LogP contribution in [0.1, 0.15) is 118 Å². The molecule has 4 atom stereocenters. The number of hydrogen-bond acceptors (Lipinski definition) is 0. The third kappa shape index (κ3) is 5.79. The molecule has 0 bridgehead atoms. The zero-order valence-electron chi connectivity index (χ0n) is 16.9. The Bertz CT molecular complexity index is 319. The van der Waals surface area contributed by atoms with Gasteiger partial charge in [0, 0.05) is 0 Å². The number of rotatable bonds is 7. The Kier molecular flexibility index (Phi) is 7.05. The lowest BCUT2D eigenvalue weighted by atomic mass is 9.55.